The topological polar surface area (TPSA) is 29.5 Å². The lowest BCUT2D eigenvalue weighted by atomic mass is 10.0. The Balaban J connectivity index is 2.27. The minimum atomic E-state index is -0.519. The Labute approximate surface area is 95.1 Å². The number of aliphatic hydroxyl groups is 1. The normalized spacial score (nSPS) is 17.6. The molecule has 2 nitrogen and oxygen atoms in total. The van der Waals surface area contributed by atoms with Crippen LogP contribution in [0, 0.1) is 11.7 Å². The van der Waals surface area contributed by atoms with Gasteiger partial charge in [0.2, 0.25) is 0 Å². The van der Waals surface area contributed by atoms with E-state index in [1.807, 2.05) is 13.8 Å². The average Bonchev–Trinajstić information content (AvgIpc) is 2.99. The van der Waals surface area contributed by atoms with Gasteiger partial charge in [0.25, 0.3) is 0 Å². The number of halogens is 1. The van der Waals surface area contributed by atoms with E-state index >= 15 is 0 Å². The molecule has 0 spiro atoms. The van der Waals surface area contributed by atoms with Crippen LogP contribution in [0.25, 0.3) is 0 Å². The van der Waals surface area contributed by atoms with Gasteiger partial charge in [-0.2, -0.15) is 0 Å². The van der Waals surface area contributed by atoms with Crippen LogP contribution in [0.5, 0.6) is 5.75 Å². The third kappa shape index (κ3) is 2.53. The molecule has 1 aromatic rings. The number of rotatable bonds is 4. The van der Waals surface area contributed by atoms with Crippen LogP contribution in [-0.2, 0) is 0 Å². The predicted octanol–water partition coefficient (Wildman–Crippen LogP) is 3.06. The number of aliphatic hydroxyl groups excluding tert-OH is 1. The number of hydrogen-bond donors (Lipinski definition) is 1. The lowest BCUT2D eigenvalue weighted by Crippen LogP contribution is -2.10. The highest BCUT2D eigenvalue weighted by molar-refractivity contribution is 5.36. The number of benzene rings is 1. The van der Waals surface area contributed by atoms with Crippen LogP contribution in [-0.4, -0.2) is 11.2 Å². The molecule has 1 fully saturated rings. The summed E-state index contributed by atoms with van der Waals surface area (Å²) >= 11 is 0. The van der Waals surface area contributed by atoms with Crippen molar-refractivity contribution in [3.63, 3.8) is 0 Å². The smallest absolute Gasteiger partial charge is 0.128 e. The summed E-state index contributed by atoms with van der Waals surface area (Å²) in [6, 6.07) is 4.34. The summed E-state index contributed by atoms with van der Waals surface area (Å²) in [5.41, 5.74) is 0.706. The van der Waals surface area contributed by atoms with Crippen molar-refractivity contribution in [3.8, 4) is 5.75 Å². The van der Waals surface area contributed by atoms with Gasteiger partial charge in [0.05, 0.1) is 12.2 Å². The molecule has 0 saturated heterocycles. The highest BCUT2D eigenvalue weighted by atomic mass is 19.1. The molecule has 0 heterocycles. The summed E-state index contributed by atoms with van der Waals surface area (Å²) in [6.45, 7) is 3.77. The second kappa shape index (κ2) is 4.42. The third-order valence-electron chi connectivity index (χ3n) is 2.73. The van der Waals surface area contributed by atoms with Crippen molar-refractivity contribution in [1.29, 1.82) is 0 Å². The summed E-state index contributed by atoms with van der Waals surface area (Å²) in [4.78, 5) is 0. The average molecular weight is 224 g/mol. The number of hydrogen-bond acceptors (Lipinski definition) is 2. The van der Waals surface area contributed by atoms with Crippen molar-refractivity contribution in [2.45, 2.75) is 38.9 Å². The minimum absolute atomic E-state index is 0.0213. The molecule has 0 aromatic heterocycles. The van der Waals surface area contributed by atoms with Gasteiger partial charge in [0.15, 0.2) is 0 Å². The quantitative estimate of drug-likeness (QED) is 0.851. The zero-order chi connectivity index (χ0) is 11.7. The molecule has 0 amide bonds. The van der Waals surface area contributed by atoms with Crippen molar-refractivity contribution < 1.29 is 14.2 Å². The van der Waals surface area contributed by atoms with Gasteiger partial charge in [-0.1, -0.05) is 0 Å². The fourth-order valence-electron chi connectivity index (χ4n) is 1.77. The molecule has 1 aliphatic carbocycles. The van der Waals surface area contributed by atoms with Crippen LogP contribution >= 0.6 is 0 Å². The summed E-state index contributed by atoms with van der Waals surface area (Å²) < 4.78 is 18.6. The molecule has 3 heteroatoms. The van der Waals surface area contributed by atoms with Crippen molar-refractivity contribution in [3.05, 3.63) is 29.6 Å². The van der Waals surface area contributed by atoms with Gasteiger partial charge in [0, 0.05) is 11.6 Å². The molecule has 1 unspecified atom stereocenters. The van der Waals surface area contributed by atoms with Crippen LogP contribution in [0.4, 0.5) is 4.39 Å². The molecule has 2 rings (SSSR count). The Morgan fingerprint density at radius 3 is 2.62 bits per heavy atom. The molecule has 1 aromatic carbocycles. The van der Waals surface area contributed by atoms with Gasteiger partial charge in [-0.05, 0) is 44.7 Å². The Bertz CT molecular complexity index is 372. The first kappa shape index (κ1) is 11.4. The van der Waals surface area contributed by atoms with Crippen molar-refractivity contribution in [2.24, 2.45) is 5.92 Å². The zero-order valence-electron chi connectivity index (χ0n) is 9.61. The molecular weight excluding hydrogens is 207 g/mol. The molecule has 0 bridgehead atoms. The van der Waals surface area contributed by atoms with Crippen molar-refractivity contribution in [2.75, 3.05) is 0 Å². The van der Waals surface area contributed by atoms with Gasteiger partial charge in [-0.15, -0.1) is 0 Å². The monoisotopic (exact) mass is 224 g/mol. The number of ether oxygens (including phenoxy) is 1. The lowest BCUT2D eigenvalue weighted by molar-refractivity contribution is 0.144. The highest BCUT2D eigenvalue weighted by Crippen LogP contribution is 2.43. The minimum Gasteiger partial charge on any atom is -0.491 e. The van der Waals surface area contributed by atoms with Crippen LogP contribution in [0.2, 0.25) is 0 Å². The molecule has 88 valence electrons. The van der Waals surface area contributed by atoms with E-state index < -0.39 is 6.10 Å². The molecule has 1 atom stereocenters. The van der Waals surface area contributed by atoms with E-state index in [1.54, 1.807) is 6.07 Å². The molecular formula is C13H17FO2. The van der Waals surface area contributed by atoms with E-state index in [-0.39, 0.29) is 11.9 Å². The van der Waals surface area contributed by atoms with Gasteiger partial charge in [-0.3, -0.25) is 0 Å². The van der Waals surface area contributed by atoms with Crippen LogP contribution in [0.1, 0.15) is 38.4 Å². The van der Waals surface area contributed by atoms with Crippen LogP contribution in [0.3, 0.4) is 0 Å². The first-order chi connectivity index (χ1) is 7.58. The maximum absolute atomic E-state index is 13.1. The van der Waals surface area contributed by atoms with E-state index in [0.29, 0.717) is 17.2 Å². The van der Waals surface area contributed by atoms with Crippen LogP contribution < -0.4 is 4.74 Å². The van der Waals surface area contributed by atoms with E-state index in [1.165, 1.54) is 12.1 Å². The SMILES string of the molecule is CC(C)Oc1cc(F)ccc1C(O)C1CC1. The lowest BCUT2D eigenvalue weighted by Gasteiger charge is -2.17. The molecule has 1 aliphatic rings. The second-order valence-electron chi connectivity index (χ2n) is 4.63. The van der Waals surface area contributed by atoms with Gasteiger partial charge < -0.3 is 9.84 Å². The van der Waals surface area contributed by atoms with Gasteiger partial charge in [0.1, 0.15) is 11.6 Å². The Hall–Kier alpha value is -1.09. The van der Waals surface area contributed by atoms with Gasteiger partial charge >= 0.3 is 0 Å². The van der Waals surface area contributed by atoms with Crippen molar-refractivity contribution in [1.82, 2.24) is 0 Å². The molecule has 0 aliphatic heterocycles. The maximum atomic E-state index is 13.1. The largest absolute Gasteiger partial charge is 0.491 e. The van der Waals surface area contributed by atoms with Crippen molar-refractivity contribution >= 4 is 0 Å². The summed E-state index contributed by atoms with van der Waals surface area (Å²) in [7, 11) is 0. The fourth-order valence-corrected chi connectivity index (χ4v) is 1.77. The van der Waals surface area contributed by atoms with E-state index in [9.17, 15) is 9.50 Å². The van der Waals surface area contributed by atoms with Crippen LogP contribution in [0.15, 0.2) is 18.2 Å². The second-order valence-corrected chi connectivity index (χ2v) is 4.63. The van der Waals surface area contributed by atoms with E-state index in [4.69, 9.17) is 4.74 Å². The fraction of sp³-hybridized carbons (Fsp3) is 0.538. The van der Waals surface area contributed by atoms with Gasteiger partial charge in [-0.25, -0.2) is 4.39 Å². The highest BCUT2D eigenvalue weighted by Gasteiger charge is 2.32. The molecule has 0 radical (unpaired) electrons. The Morgan fingerprint density at radius 2 is 2.06 bits per heavy atom. The third-order valence-corrected chi connectivity index (χ3v) is 2.73. The Morgan fingerprint density at radius 1 is 1.38 bits per heavy atom. The molecule has 1 N–H and O–H groups in total. The molecule has 1 saturated carbocycles. The van der Waals surface area contributed by atoms with E-state index in [2.05, 4.69) is 0 Å². The summed E-state index contributed by atoms with van der Waals surface area (Å²) in [6.07, 6.45) is 1.54. The zero-order valence-corrected chi connectivity index (χ0v) is 9.61. The first-order valence-electron chi connectivity index (χ1n) is 5.72. The predicted molar refractivity (Wildman–Crippen MR) is 59.8 cm³/mol. The summed E-state index contributed by atoms with van der Waals surface area (Å²) in [5, 5.41) is 10.0. The Kier molecular flexibility index (Phi) is 3.15. The summed E-state index contributed by atoms with van der Waals surface area (Å²) in [5.74, 6) is 0.455. The molecule has 16 heavy (non-hydrogen) atoms. The first-order valence-corrected chi connectivity index (χ1v) is 5.72. The van der Waals surface area contributed by atoms with E-state index in [0.717, 1.165) is 12.8 Å². The maximum Gasteiger partial charge on any atom is 0.128 e. The standard InChI is InChI=1S/C13H17FO2/c1-8(2)16-12-7-10(14)5-6-11(12)13(15)9-3-4-9/h5-9,13,15H,3-4H2,1-2H3.